The average Bonchev–Trinajstić information content (AvgIpc) is 2.97. The van der Waals surface area contributed by atoms with Gasteiger partial charge in [-0.15, -0.1) is 0 Å². The molecular formula is C30H31F3N2O5. The molecule has 0 aromatic heterocycles. The summed E-state index contributed by atoms with van der Waals surface area (Å²) in [6.45, 7) is 2.34. The van der Waals surface area contributed by atoms with E-state index in [1.54, 1.807) is 24.3 Å². The Morgan fingerprint density at radius 2 is 1.43 bits per heavy atom. The van der Waals surface area contributed by atoms with Crippen molar-refractivity contribution in [1.29, 1.82) is 5.26 Å². The van der Waals surface area contributed by atoms with E-state index in [9.17, 15) is 23.4 Å². The highest BCUT2D eigenvalue weighted by molar-refractivity contribution is 5.73. The Hall–Kier alpha value is -3.91. The number of likely N-dealkylation sites (tertiary alicyclic amines) is 1. The number of hydrogen-bond donors (Lipinski definition) is 3. The van der Waals surface area contributed by atoms with Crippen LogP contribution in [0.1, 0.15) is 29.5 Å². The number of ether oxygens (including phenoxy) is 1. The van der Waals surface area contributed by atoms with E-state index in [0.717, 1.165) is 37.1 Å². The van der Waals surface area contributed by atoms with E-state index < -0.39 is 23.9 Å². The van der Waals surface area contributed by atoms with Gasteiger partial charge in [0.2, 0.25) is 0 Å². The second kappa shape index (κ2) is 13.9. The molecule has 212 valence electrons. The Labute approximate surface area is 230 Å². The van der Waals surface area contributed by atoms with Crippen molar-refractivity contribution in [1.82, 2.24) is 4.90 Å². The lowest BCUT2D eigenvalue weighted by atomic mass is 9.72. The highest BCUT2D eigenvalue weighted by atomic mass is 19.4. The quantitative estimate of drug-likeness (QED) is 0.372. The summed E-state index contributed by atoms with van der Waals surface area (Å²) in [5, 5.41) is 38.5. The smallest absolute Gasteiger partial charge is 0.490 e. The van der Waals surface area contributed by atoms with Crippen molar-refractivity contribution in [3.63, 3.8) is 0 Å². The molecule has 1 aliphatic rings. The summed E-state index contributed by atoms with van der Waals surface area (Å²) in [4.78, 5) is 11.1. The van der Waals surface area contributed by atoms with Crippen molar-refractivity contribution in [2.45, 2.75) is 30.7 Å². The monoisotopic (exact) mass is 556 g/mol. The van der Waals surface area contributed by atoms with E-state index in [-0.39, 0.29) is 12.5 Å². The van der Waals surface area contributed by atoms with E-state index in [2.05, 4.69) is 11.0 Å². The molecule has 0 radical (unpaired) electrons. The van der Waals surface area contributed by atoms with Gasteiger partial charge in [-0.2, -0.15) is 18.4 Å². The van der Waals surface area contributed by atoms with Gasteiger partial charge in [0.25, 0.3) is 0 Å². The minimum Gasteiger partial charge on any atom is -0.491 e. The first kappa shape index (κ1) is 30.6. The Bertz CT molecular complexity index is 1200. The van der Waals surface area contributed by atoms with Crippen LogP contribution in [0.25, 0.3) is 0 Å². The second-order valence-corrected chi connectivity index (χ2v) is 9.48. The SMILES string of the molecule is N#Cc1ccc(OC[C@@H](O)CN2CCC(C(O)(c3ccccc3)c3ccccc3)CC2)cc1.O=C(O)C(F)(F)F. The molecule has 0 unspecified atom stereocenters. The molecule has 0 spiro atoms. The van der Waals surface area contributed by atoms with Crippen LogP contribution in [0.5, 0.6) is 5.75 Å². The second-order valence-electron chi connectivity index (χ2n) is 9.48. The molecule has 3 aromatic rings. The van der Waals surface area contributed by atoms with Gasteiger partial charge in [-0.1, -0.05) is 60.7 Å². The van der Waals surface area contributed by atoms with E-state index in [1.165, 1.54) is 0 Å². The standard InChI is InChI=1S/C28H30N2O3.C2HF3O2/c29-19-22-11-13-27(14-12-22)33-21-26(31)20-30-17-15-25(16-18-30)28(32,23-7-3-1-4-8-23)24-9-5-2-6-10-24;3-2(4,5)1(6)7/h1-14,25-26,31-32H,15-18,20-21H2;(H,6,7)/t26-;/m0./s1. The third kappa shape index (κ3) is 8.29. The normalized spacial score (nSPS) is 15.3. The Balaban J connectivity index is 0.000000559. The molecule has 0 aliphatic carbocycles. The molecule has 7 nitrogen and oxygen atoms in total. The summed E-state index contributed by atoms with van der Waals surface area (Å²) in [6.07, 6.45) is -4.02. The highest BCUT2D eigenvalue weighted by Gasteiger charge is 2.41. The van der Waals surface area contributed by atoms with Gasteiger partial charge in [0, 0.05) is 6.54 Å². The maximum absolute atomic E-state index is 12.0. The minimum atomic E-state index is -5.08. The van der Waals surface area contributed by atoms with Crippen LogP contribution in [-0.4, -0.2) is 64.7 Å². The fourth-order valence-electron chi connectivity index (χ4n) is 4.72. The minimum absolute atomic E-state index is 0.0885. The van der Waals surface area contributed by atoms with Crippen molar-refractivity contribution < 1.29 is 38.0 Å². The Morgan fingerprint density at radius 3 is 1.85 bits per heavy atom. The largest absolute Gasteiger partial charge is 0.491 e. The number of carboxylic acid groups (broad SMARTS) is 1. The topological polar surface area (TPSA) is 114 Å². The van der Waals surface area contributed by atoms with Gasteiger partial charge in [0.1, 0.15) is 24.1 Å². The lowest BCUT2D eigenvalue weighted by molar-refractivity contribution is -0.192. The number of nitrogens with zero attached hydrogens (tertiary/aromatic N) is 2. The molecule has 1 fully saturated rings. The van der Waals surface area contributed by atoms with Gasteiger partial charge >= 0.3 is 12.1 Å². The molecular weight excluding hydrogens is 525 g/mol. The Kier molecular flexibility index (Phi) is 10.7. The molecule has 1 aliphatic heterocycles. The lowest BCUT2D eigenvalue weighted by Gasteiger charge is -2.42. The van der Waals surface area contributed by atoms with Crippen LogP contribution >= 0.6 is 0 Å². The van der Waals surface area contributed by atoms with Crippen LogP contribution in [0.2, 0.25) is 0 Å². The molecule has 10 heteroatoms. The van der Waals surface area contributed by atoms with E-state index in [4.69, 9.17) is 19.9 Å². The van der Waals surface area contributed by atoms with Crippen LogP contribution in [0, 0.1) is 17.2 Å². The van der Waals surface area contributed by atoms with Gasteiger partial charge in [-0.25, -0.2) is 4.79 Å². The number of halogens is 3. The van der Waals surface area contributed by atoms with Crippen molar-refractivity contribution in [3.8, 4) is 11.8 Å². The Morgan fingerprint density at radius 1 is 0.950 bits per heavy atom. The van der Waals surface area contributed by atoms with Crippen LogP contribution < -0.4 is 4.74 Å². The third-order valence-corrected chi connectivity index (χ3v) is 6.74. The average molecular weight is 557 g/mol. The van der Waals surface area contributed by atoms with Crippen molar-refractivity contribution in [2.24, 2.45) is 5.92 Å². The number of nitriles is 1. The van der Waals surface area contributed by atoms with Gasteiger partial charge in [0.15, 0.2) is 0 Å². The number of carboxylic acids is 1. The first-order valence-electron chi connectivity index (χ1n) is 12.7. The van der Waals surface area contributed by atoms with E-state index in [0.29, 0.717) is 17.9 Å². The lowest BCUT2D eigenvalue weighted by Crippen LogP contribution is -2.46. The molecule has 3 aromatic carbocycles. The van der Waals surface area contributed by atoms with E-state index >= 15 is 0 Å². The van der Waals surface area contributed by atoms with Crippen LogP contribution in [0.3, 0.4) is 0 Å². The number of aliphatic hydroxyl groups is 2. The molecule has 4 rings (SSSR count). The fourth-order valence-corrected chi connectivity index (χ4v) is 4.72. The molecule has 1 heterocycles. The number of hydrogen-bond acceptors (Lipinski definition) is 6. The number of benzene rings is 3. The van der Waals surface area contributed by atoms with Crippen molar-refractivity contribution >= 4 is 5.97 Å². The zero-order chi connectivity index (χ0) is 29.2. The predicted octanol–water partition coefficient (Wildman–Crippen LogP) is 4.58. The van der Waals surface area contributed by atoms with Gasteiger partial charge < -0.3 is 25.0 Å². The third-order valence-electron chi connectivity index (χ3n) is 6.74. The number of aliphatic hydroxyl groups excluding tert-OH is 1. The summed E-state index contributed by atoms with van der Waals surface area (Å²) < 4.78 is 37.4. The zero-order valence-corrected chi connectivity index (χ0v) is 21.7. The first-order chi connectivity index (χ1) is 19.0. The number of piperidine rings is 1. The summed E-state index contributed by atoms with van der Waals surface area (Å²) in [7, 11) is 0. The maximum atomic E-state index is 12.0. The molecule has 1 atom stereocenters. The zero-order valence-electron chi connectivity index (χ0n) is 21.7. The molecule has 3 N–H and O–H groups in total. The summed E-state index contributed by atoms with van der Waals surface area (Å²) in [5.74, 6) is -2.03. The van der Waals surface area contributed by atoms with Crippen LogP contribution in [-0.2, 0) is 10.4 Å². The summed E-state index contributed by atoms with van der Waals surface area (Å²) in [5.41, 5.74) is 1.39. The number of β-amino-alcohol motifs (C(OH)–C–C–N with tert-alkyl or cyclic N) is 1. The molecule has 40 heavy (non-hydrogen) atoms. The number of aliphatic carboxylic acids is 1. The molecule has 0 amide bonds. The van der Waals surface area contributed by atoms with Crippen molar-refractivity contribution in [2.75, 3.05) is 26.2 Å². The number of alkyl halides is 3. The predicted molar refractivity (Wildman–Crippen MR) is 141 cm³/mol. The number of carbonyl (C=O) groups is 1. The van der Waals surface area contributed by atoms with Crippen LogP contribution in [0.15, 0.2) is 84.9 Å². The fraction of sp³-hybridized carbons (Fsp3) is 0.333. The first-order valence-corrected chi connectivity index (χ1v) is 12.7. The molecule has 0 saturated carbocycles. The van der Waals surface area contributed by atoms with Gasteiger partial charge in [-0.05, 0) is 67.2 Å². The highest BCUT2D eigenvalue weighted by Crippen LogP contribution is 2.41. The summed E-state index contributed by atoms with van der Waals surface area (Å²) in [6, 6.07) is 28.8. The molecule has 0 bridgehead atoms. The van der Waals surface area contributed by atoms with E-state index in [1.807, 2.05) is 60.7 Å². The molecule has 1 saturated heterocycles. The van der Waals surface area contributed by atoms with Crippen LogP contribution in [0.4, 0.5) is 13.2 Å². The van der Waals surface area contributed by atoms with Gasteiger partial charge in [-0.3, -0.25) is 0 Å². The van der Waals surface area contributed by atoms with Crippen molar-refractivity contribution in [3.05, 3.63) is 102 Å². The van der Waals surface area contributed by atoms with Gasteiger partial charge in [0.05, 0.1) is 11.6 Å². The number of rotatable bonds is 8. The summed E-state index contributed by atoms with van der Waals surface area (Å²) >= 11 is 0. The maximum Gasteiger partial charge on any atom is 0.490 e.